The predicted octanol–water partition coefficient (Wildman–Crippen LogP) is 2.03. The van der Waals surface area contributed by atoms with Gasteiger partial charge in [-0.3, -0.25) is 10.1 Å². The van der Waals surface area contributed by atoms with Crippen molar-refractivity contribution >= 4 is 11.7 Å². The minimum absolute atomic E-state index is 0.0636. The van der Waals surface area contributed by atoms with Crippen molar-refractivity contribution in [2.24, 2.45) is 0 Å². The van der Waals surface area contributed by atoms with E-state index in [0.717, 1.165) is 18.5 Å². The fourth-order valence-corrected chi connectivity index (χ4v) is 1.73. The molecule has 0 amide bonds. The van der Waals surface area contributed by atoms with E-state index in [2.05, 4.69) is 17.0 Å². The Bertz CT molecular complexity index is 504. The highest BCUT2D eigenvalue weighted by molar-refractivity contribution is 5.74. The van der Waals surface area contributed by atoms with E-state index in [9.17, 15) is 14.9 Å². The van der Waals surface area contributed by atoms with Crippen LogP contribution in [0.3, 0.4) is 0 Å². The number of nitro benzene ring substituents is 1. The molecule has 116 valence electrons. The van der Waals surface area contributed by atoms with Gasteiger partial charge in [0.05, 0.1) is 12.0 Å². The molecule has 21 heavy (non-hydrogen) atoms. The van der Waals surface area contributed by atoms with E-state index in [-0.39, 0.29) is 11.4 Å². The van der Waals surface area contributed by atoms with E-state index in [4.69, 9.17) is 4.74 Å². The lowest BCUT2D eigenvalue weighted by atomic mass is 10.2. The van der Waals surface area contributed by atoms with Crippen molar-refractivity contribution in [3.63, 3.8) is 0 Å². The molecule has 0 radical (unpaired) electrons. The topological polar surface area (TPSA) is 90.7 Å². The van der Waals surface area contributed by atoms with Gasteiger partial charge in [-0.2, -0.15) is 0 Å². The minimum atomic E-state index is -0.910. The highest BCUT2D eigenvalue weighted by Crippen LogP contribution is 2.29. The molecule has 0 aliphatic rings. The lowest BCUT2D eigenvalue weighted by molar-refractivity contribution is -0.386. The minimum Gasteiger partial charge on any atom is -0.472 e. The van der Waals surface area contributed by atoms with Crippen LogP contribution in [0.5, 0.6) is 5.75 Å². The van der Waals surface area contributed by atoms with Gasteiger partial charge in [-0.25, -0.2) is 4.79 Å². The number of esters is 1. The fourth-order valence-electron chi connectivity index (χ4n) is 1.73. The van der Waals surface area contributed by atoms with Crippen LogP contribution in [-0.4, -0.2) is 30.7 Å². The second-order valence-corrected chi connectivity index (χ2v) is 4.52. The van der Waals surface area contributed by atoms with Gasteiger partial charge in [0, 0.05) is 12.6 Å². The first-order valence-corrected chi connectivity index (χ1v) is 6.72. The van der Waals surface area contributed by atoms with Crippen molar-refractivity contribution < 1.29 is 19.2 Å². The molecule has 1 aromatic carbocycles. The molecule has 0 aliphatic carbocycles. The van der Waals surface area contributed by atoms with Gasteiger partial charge >= 0.3 is 11.7 Å². The third-order valence-electron chi connectivity index (χ3n) is 2.81. The van der Waals surface area contributed by atoms with Crippen molar-refractivity contribution in [2.45, 2.75) is 32.9 Å². The van der Waals surface area contributed by atoms with Crippen LogP contribution in [0.2, 0.25) is 0 Å². The zero-order chi connectivity index (χ0) is 15.8. The van der Waals surface area contributed by atoms with Crippen molar-refractivity contribution in [1.29, 1.82) is 0 Å². The van der Waals surface area contributed by atoms with Crippen LogP contribution in [0.1, 0.15) is 25.8 Å². The number of carbonyl (C=O) groups is 1. The van der Waals surface area contributed by atoms with Crippen molar-refractivity contribution in [2.75, 3.05) is 13.7 Å². The molecule has 0 fully saturated rings. The molecule has 1 N–H and O–H groups in total. The Morgan fingerprint density at radius 2 is 2.19 bits per heavy atom. The van der Waals surface area contributed by atoms with Crippen LogP contribution >= 0.6 is 0 Å². The van der Waals surface area contributed by atoms with Crippen molar-refractivity contribution in [3.05, 3.63) is 33.9 Å². The third-order valence-corrected chi connectivity index (χ3v) is 2.81. The zero-order valence-electron chi connectivity index (χ0n) is 12.4. The van der Waals surface area contributed by atoms with E-state index < -0.39 is 17.0 Å². The lowest BCUT2D eigenvalue weighted by Gasteiger charge is -2.13. The summed E-state index contributed by atoms with van der Waals surface area (Å²) in [6.07, 6.45) is 0.0861. The summed E-state index contributed by atoms with van der Waals surface area (Å²) in [7, 11) is 1.24. The van der Waals surface area contributed by atoms with E-state index >= 15 is 0 Å². The quantitative estimate of drug-likeness (QED) is 0.341. The molecule has 0 bridgehead atoms. The van der Waals surface area contributed by atoms with E-state index in [1.807, 2.05) is 0 Å². The second-order valence-electron chi connectivity index (χ2n) is 4.52. The largest absolute Gasteiger partial charge is 0.472 e. The molecule has 7 heteroatoms. The predicted molar refractivity (Wildman–Crippen MR) is 77.2 cm³/mol. The molecule has 0 heterocycles. The number of nitrogens with zero attached hydrogens (tertiary/aromatic N) is 1. The number of nitrogens with one attached hydrogen (secondary N) is 1. The van der Waals surface area contributed by atoms with Crippen LogP contribution in [0.15, 0.2) is 18.2 Å². The summed E-state index contributed by atoms with van der Waals surface area (Å²) in [6.45, 7) is 4.97. The van der Waals surface area contributed by atoms with Gasteiger partial charge < -0.3 is 14.8 Å². The standard InChI is InChI=1S/C14H20N2O5/c1-4-7-15-9-11-5-6-12(16(18)19)13(8-11)21-10(2)14(17)20-3/h5-6,8,10,15H,4,7,9H2,1-3H3. The number of hydrogen-bond acceptors (Lipinski definition) is 6. The maximum Gasteiger partial charge on any atom is 0.346 e. The summed E-state index contributed by atoms with van der Waals surface area (Å²) >= 11 is 0. The summed E-state index contributed by atoms with van der Waals surface area (Å²) in [5.74, 6) is -0.521. The second kappa shape index (κ2) is 8.21. The third kappa shape index (κ3) is 5.03. The van der Waals surface area contributed by atoms with Gasteiger partial charge in [-0.1, -0.05) is 13.0 Å². The van der Waals surface area contributed by atoms with Crippen LogP contribution in [0.25, 0.3) is 0 Å². The van der Waals surface area contributed by atoms with Gasteiger partial charge in [0.15, 0.2) is 11.9 Å². The maximum absolute atomic E-state index is 11.4. The maximum atomic E-state index is 11.4. The number of rotatable bonds is 8. The first-order chi connectivity index (χ1) is 9.99. The molecular weight excluding hydrogens is 276 g/mol. The molecule has 1 rings (SSSR count). The first kappa shape index (κ1) is 16.9. The molecular formula is C14H20N2O5. The van der Waals surface area contributed by atoms with Crippen molar-refractivity contribution in [1.82, 2.24) is 5.32 Å². The summed E-state index contributed by atoms with van der Waals surface area (Å²) < 4.78 is 9.91. The van der Waals surface area contributed by atoms with Gasteiger partial charge in [0.25, 0.3) is 0 Å². The average molecular weight is 296 g/mol. The monoisotopic (exact) mass is 296 g/mol. The van der Waals surface area contributed by atoms with Gasteiger partial charge in [0.2, 0.25) is 0 Å². The number of hydrogen-bond donors (Lipinski definition) is 1. The molecule has 0 saturated heterocycles. The van der Waals surface area contributed by atoms with Crippen LogP contribution < -0.4 is 10.1 Å². The first-order valence-electron chi connectivity index (χ1n) is 6.72. The van der Waals surface area contributed by atoms with Gasteiger partial charge in [-0.15, -0.1) is 0 Å². The Morgan fingerprint density at radius 3 is 2.76 bits per heavy atom. The Hall–Kier alpha value is -2.15. The van der Waals surface area contributed by atoms with Crippen molar-refractivity contribution in [3.8, 4) is 5.75 Å². The van der Waals surface area contributed by atoms with Gasteiger partial charge in [-0.05, 0) is 31.5 Å². The molecule has 1 unspecified atom stereocenters. The lowest BCUT2D eigenvalue weighted by Crippen LogP contribution is -2.25. The summed E-state index contributed by atoms with van der Waals surface area (Å²) in [6, 6.07) is 4.61. The number of nitro groups is 1. The molecule has 7 nitrogen and oxygen atoms in total. The Labute approximate surface area is 123 Å². The number of benzene rings is 1. The molecule has 1 atom stereocenters. The number of carbonyl (C=O) groups excluding carboxylic acids is 1. The number of ether oxygens (including phenoxy) is 2. The summed E-state index contributed by atoms with van der Waals surface area (Å²) in [5.41, 5.74) is 0.672. The van der Waals surface area contributed by atoms with Gasteiger partial charge in [0.1, 0.15) is 0 Å². The molecule has 0 saturated carbocycles. The van der Waals surface area contributed by atoms with E-state index in [1.54, 1.807) is 12.1 Å². The molecule has 1 aromatic rings. The SMILES string of the molecule is CCCNCc1ccc([N+](=O)[O-])c(OC(C)C(=O)OC)c1. The highest BCUT2D eigenvalue weighted by Gasteiger charge is 2.21. The fraction of sp³-hybridized carbons (Fsp3) is 0.500. The Balaban J connectivity index is 2.93. The Morgan fingerprint density at radius 1 is 1.48 bits per heavy atom. The molecule has 0 aliphatic heterocycles. The molecule has 0 spiro atoms. The number of methoxy groups -OCH3 is 1. The smallest absolute Gasteiger partial charge is 0.346 e. The average Bonchev–Trinajstić information content (AvgIpc) is 2.46. The normalized spacial score (nSPS) is 11.8. The van der Waals surface area contributed by atoms with Crippen LogP contribution in [-0.2, 0) is 16.1 Å². The zero-order valence-corrected chi connectivity index (χ0v) is 12.4. The van der Waals surface area contributed by atoms with E-state index in [1.165, 1.54) is 20.1 Å². The molecule has 0 aromatic heterocycles. The summed E-state index contributed by atoms with van der Waals surface area (Å²) in [5, 5.41) is 14.2. The summed E-state index contributed by atoms with van der Waals surface area (Å²) in [4.78, 5) is 21.8. The highest BCUT2D eigenvalue weighted by atomic mass is 16.6. The van der Waals surface area contributed by atoms with Crippen LogP contribution in [0, 0.1) is 10.1 Å². The van der Waals surface area contributed by atoms with E-state index in [0.29, 0.717) is 6.54 Å². The van der Waals surface area contributed by atoms with Crippen LogP contribution in [0.4, 0.5) is 5.69 Å². The Kier molecular flexibility index (Phi) is 6.61.